The number of carbonyl (C=O) groups excluding carboxylic acids is 2. The standard InChI is InChI=1S/C23H28ClN3O3/c1-15-12-16(2)22(18(24)13-15)26-21(28)14-27-10-8-17(9-11-27)23(29)25-19-6-4-5-7-20(19)30-3/h4-7,12-13,17H,8-11,14H2,1-3H3,(H,25,29)(H,26,28). The molecule has 1 aliphatic heterocycles. The zero-order chi connectivity index (χ0) is 21.7. The average molecular weight is 430 g/mol. The van der Waals surface area contributed by atoms with Gasteiger partial charge in [-0.1, -0.05) is 29.8 Å². The minimum Gasteiger partial charge on any atom is -0.495 e. The van der Waals surface area contributed by atoms with Gasteiger partial charge >= 0.3 is 0 Å². The number of methoxy groups -OCH3 is 1. The first-order chi connectivity index (χ1) is 14.4. The molecule has 1 aliphatic rings. The van der Waals surface area contributed by atoms with Gasteiger partial charge in [0.1, 0.15) is 5.75 Å². The number of benzene rings is 2. The van der Waals surface area contributed by atoms with Crippen molar-refractivity contribution >= 4 is 34.8 Å². The number of hydrogen-bond donors (Lipinski definition) is 2. The van der Waals surface area contributed by atoms with Gasteiger partial charge in [-0.05, 0) is 69.1 Å². The molecular weight excluding hydrogens is 402 g/mol. The number of piperidine rings is 1. The first kappa shape index (κ1) is 22.1. The highest BCUT2D eigenvalue weighted by Crippen LogP contribution is 2.28. The van der Waals surface area contributed by atoms with E-state index in [1.54, 1.807) is 7.11 Å². The van der Waals surface area contributed by atoms with Crippen molar-refractivity contribution in [3.8, 4) is 5.75 Å². The van der Waals surface area contributed by atoms with Gasteiger partial charge in [0.05, 0.1) is 30.1 Å². The fourth-order valence-electron chi connectivity index (χ4n) is 3.79. The fraction of sp³-hybridized carbons (Fsp3) is 0.391. The number of nitrogens with zero attached hydrogens (tertiary/aromatic N) is 1. The Kier molecular flexibility index (Phi) is 7.34. The zero-order valence-electron chi connectivity index (χ0n) is 17.6. The van der Waals surface area contributed by atoms with E-state index in [1.165, 1.54) is 0 Å². The third-order valence-electron chi connectivity index (χ3n) is 5.39. The van der Waals surface area contributed by atoms with E-state index in [0.717, 1.165) is 11.1 Å². The first-order valence-corrected chi connectivity index (χ1v) is 10.5. The Morgan fingerprint density at radius 2 is 1.83 bits per heavy atom. The molecule has 0 radical (unpaired) electrons. The summed E-state index contributed by atoms with van der Waals surface area (Å²) in [4.78, 5) is 27.2. The maximum Gasteiger partial charge on any atom is 0.238 e. The molecule has 0 bridgehead atoms. The summed E-state index contributed by atoms with van der Waals surface area (Å²) in [7, 11) is 1.58. The topological polar surface area (TPSA) is 70.7 Å². The van der Waals surface area contributed by atoms with E-state index < -0.39 is 0 Å². The number of carbonyl (C=O) groups is 2. The van der Waals surface area contributed by atoms with Crippen LogP contribution in [0.3, 0.4) is 0 Å². The van der Waals surface area contributed by atoms with Crippen LogP contribution in [0.2, 0.25) is 5.02 Å². The van der Waals surface area contributed by atoms with Gasteiger partial charge < -0.3 is 15.4 Å². The predicted molar refractivity (Wildman–Crippen MR) is 120 cm³/mol. The number of hydrogen-bond acceptors (Lipinski definition) is 4. The molecule has 0 unspecified atom stereocenters. The first-order valence-electron chi connectivity index (χ1n) is 10.1. The molecule has 160 valence electrons. The van der Waals surface area contributed by atoms with Crippen LogP contribution in [0.15, 0.2) is 36.4 Å². The molecular formula is C23H28ClN3O3. The smallest absolute Gasteiger partial charge is 0.238 e. The molecule has 3 rings (SSSR count). The molecule has 6 nitrogen and oxygen atoms in total. The van der Waals surface area contributed by atoms with E-state index in [9.17, 15) is 9.59 Å². The van der Waals surface area contributed by atoms with Gasteiger partial charge in [-0.3, -0.25) is 14.5 Å². The van der Waals surface area contributed by atoms with Crippen molar-refractivity contribution in [3.63, 3.8) is 0 Å². The number of ether oxygens (including phenoxy) is 1. The van der Waals surface area contributed by atoms with E-state index in [0.29, 0.717) is 48.1 Å². The van der Waals surface area contributed by atoms with Gasteiger partial charge in [0.15, 0.2) is 0 Å². The fourth-order valence-corrected chi connectivity index (χ4v) is 4.16. The normalized spacial score (nSPS) is 14.9. The number of likely N-dealkylation sites (tertiary alicyclic amines) is 1. The lowest BCUT2D eigenvalue weighted by Crippen LogP contribution is -2.41. The lowest BCUT2D eigenvalue weighted by atomic mass is 9.95. The van der Waals surface area contributed by atoms with E-state index in [1.807, 2.05) is 50.2 Å². The largest absolute Gasteiger partial charge is 0.495 e. The summed E-state index contributed by atoms with van der Waals surface area (Å²) in [5, 5.41) is 6.44. The monoisotopic (exact) mass is 429 g/mol. The molecule has 1 heterocycles. The van der Waals surface area contributed by atoms with Crippen LogP contribution < -0.4 is 15.4 Å². The molecule has 0 spiro atoms. The summed E-state index contributed by atoms with van der Waals surface area (Å²) in [6, 6.07) is 11.2. The maximum atomic E-state index is 12.6. The molecule has 2 amide bonds. The second kappa shape index (κ2) is 9.96. The maximum absolute atomic E-state index is 12.6. The van der Waals surface area contributed by atoms with Crippen LogP contribution in [-0.4, -0.2) is 43.5 Å². The van der Waals surface area contributed by atoms with Gasteiger partial charge in [-0.2, -0.15) is 0 Å². The van der Waals surface area contributed by atoms with E-state index in [4.69, 9.17) is 16.3 Å². The minimum atomic E-state index is -0.0965. The van der Waals surface area contributed by atoms with Crippen molar-refractivity contribution in [2.24, 2.45) is 5.92 Å². The quantitative estimate of drug-likeness (QED) is 0.720. The highest BCUT2D eigenvalue weighted by Gasteiger charge is 2.26. The summed E-state index contributed by atoms with van der Waals surface area (Å²) in [5.41, 5.74) is 3.35. The lowest BCUT2D eigenvalue weighted by molar-refractivity contribution is -0.121. The molecule has 1 saturated heterocycles. The third-order valence-corrected chi connectivity index (χ3v) is 5.68. The second-order valence-electron chi connectivity index (χ2n) is 7.73. The number of aryl methyl sites for hydroxylation is 2. The molecule has 2 N–H and O–H groups in total. The zero-order valence-corrected chi connectivity index (χ0v) is 18.4. The number of amides is 2. The van der Waals surface area contributed by atoms with Crippen molar-refractivity contribution < 1.29 is 14.3 Å². The summed E-state index contributed by atoms with van der Waals surface area (Å²) in [6.45, 7) is 5.57. The molecule has 1 fully saturated rings. The van der Waals surface area contributed by atoms with Crippen molar-refractivity contribution in [1.82, 2.24) is 4.90 Å². The molecule has 0 aromatic heterocycles. The number of nitrogens with one attached hydrogen (secondary N) is 2. The Morgan fingerprint density at radius 1 is 1.13 bits per heavy atom. The summed E-state index contributed by atoms with van der Waals surface area (Å²) >= 11 is 6.28. The molecule has 0 atom stereocenters. The molecule has 30 heavy (non-hydrogen) atoms. The van der Waals surface area contributed by atoms with Gasteiger partial charge in [0, 0.05) is 5.92 Å². The summed E-state index contributed by atoms with van der Waals surface area (Å²) in [5.74, 6) is 0.458. The summed E-state index contributed by atoms with van der Waals surface area (Å²) < 4.78 is 5.29. The van der Waals surface area contributed by atoms with E-state index in [2.05, 4.69) is 15.5 Å². The van der Waals surface area contributed by atoms with Crippen LogP contribution >= 0.6 is 11.6 Å². The highest BCUT2D eigenvalue weighted by molar-refractivity contribution is 6.34. The summed E-state index contributed by atoms with van der Waals surface area (Å²) in [6.07, 6.45) is 1.41. The average Bonchev–Trinajstić information content (AvgIpc) is 2.71. The Morgan fingerprint density at radius 3 is 2.50 bits per heavy atom. The minimum absolute atomic E-state index is 0.00864. The molecule has 0 aliphatic carbocycles. The van der Waals surface area contributed by atoms with Gasteiger partial charge in [-0.15, -0.1) is 0 Å². The Labute approximate surface area is 182 Å². The number of anilines is 2. The number of rotatable bonds is 6. The van der Waals surface area contributed by atoms with Gasteiger partial charge in [0.25, 0.3) is 0 Å². The van der Waals surface area contributed by atoms with Crippen LogP contribution in [0.1, 0.15) is 24.0 Å². The van der Waals surface area contributed by atoms with Crippen LogP contribution in [0.25, 0.3) is 0 Å². The van der Waals surface area contributed by atoms with Crippen molar-refractivity contribution in [2.75, 3.05) is 37.4 Å². The van der Waals surface area contributed by atoms with Gasteiger partial charge in [0.2, 0.25) is 11.8 Å². The molecule has 0 saturated carbocycles. The SMILES string of the molecule is COc1ccccc1NC(=O)C1CCN(CC(=O)Nc2c(C)cc(C)cc2Cl)CC1. The molecule has 2 aromatic rings. The van der Waals surface area contributed by atoms with Crippen molar-refractivity contribution in [1.29, 1.82) is 0 Å². The highest BCUT2D eigenvalue weighted by atomic mass is 35.5. The van der Waals surface area contributed by atoms with E-state index in [-0.39, 0.29) is 24.3 Å². The van der Waals surface area contributed by atoms with E-state index >= 15 is 0 Å². The number of halogens is 1. The van der Waals surface area contributed by atoms with Crippen molar-refractivity contribution in [3.05, 3.63) is 52.5 Å². The van der Waals surface area contributed by atoms with Crippen LogP contribution in [0, 0.1) is 19.8 Å². The Hall–Kier alpha value is -2.57. The molecule has 2 aromatic carbocycles. The Balaban J connectivity index is 1.49. The Bertz CT molecular complexity index is 901. The van der Waals surface area contributed by atoms with Crippen LogP contribution in [-0.2, 0) is 9.59 Å². The molecule has 7 heteroatoms. The van der Waals surface area contributed by atoms with Crippen molar-refractivity contribution in [2.45, 2.75) is 26.7 Å². The predicted octanol–water partition coefficient (Wildman–Crippen LogP) is 4.25. The van der Waals surface area contributed by atoms with Gasteiger partial charge in [-0.25, -0.2) is 0 Å². The number of para-hydroxylation sites is 2. The van der Waals surface area contributed by atoms with Crippen LogP contribution in [0.4, 0.5) is 11.4 Å². The van der Waals surface area contributed by atoms with Crippen LogP contribution in [0.5, 0.6) is 5.75 Å². The lowest BCUT2D eigenvalue weighted by Gasteiger charge is -2.31. The third kappa shape index (κ3) is 5.52. The second-order valence-corrected chi connectivity index (χ2v) is 8.13.